The molecule has 3 rings (SSSR count). The van der Waals surface area contributed by atoms with Crippen molar-refractivity contribution in [2.45, 2.75) is 19.4 Å². The number of halogens is 1. The van der Waals surface area contributed by atoms with E-state index in [4.69, 9.17) is 0 Å². The molecule has 5 heteroatoms. The van der Waals surface area contributed by atoms with Crippen LogP contribution in [-0.4, -0.2) is 28.9 Å². The summed E-state index contributed by atoms with van der Waals surface area (Å²) >= 11 is 0. The lowest BCUT2D eigenvalue weighted by Crippen LogP contribution is -2.18. The van der Waals surface area contributed by atoms with E-state index in [1.165, 1.54) is 25.1 Å². The molecule has 1 aromatic heterocycles. The third kappa shape index (κ3) is 3.49. The lowest BCUT2D eigenvalue weighted by atomic mass is 10.1. The predicted molar refractivity (Wildman–Crippen MR) is 83.1 cm³/mol. The summed E-state index contributed by atoms with van der Waals surface area (Å²) in [5.41, 5.74) is 1.83. The van der Waals surface area contributed by atoms with Gasteiger partial charge in [-0.05, 0) is 49.7 Å². The Labute approximate surface area is 129 Å². The van der Waals surface area contributed by atoms with E-state index in [9.17, 15) is 9.18 Å². The van der Waals surface area contributed by atoms with Crippen molar-refractivity contribution in [2.24, 2.45) is 0 Å². The maximum atomic E-state index is 13.6. The fourth-order valence-corrected chi connectivity index (χ4v) is 2.70. The molecule has 0 atom stereocenters. The minimum atomic E-state index is -0.617. The van der Waals surface area contributed by atoms with Gasteiger partial charge in [0.25, 0.3) is 5.91 Å². The van der Waals surface area contributed by atoms with E-state index in [0.29, 0.717) is 5.69 Å². The van der Waals surface area contributed by atoms with Crippen molar-refractivity contribution in [1.29, 1.82) is 0 Å². The van der Waals surface area contributed by atoms with Gasteiger partial charge in [0.1, 0.15) is 0 Å². The van der Waals surface area contributed by atoms with Crippen LogP contribution in [0.15, 0.2) is 42.7 Å². The Morgan fingerprint density at radius 2 is 2.09 bits per heavy atom. The van der Waals surface area contributed by atoms with Crippen LogP contribution in [0.3, 0.4) is 0 Å². The number of likely N-dealkylation sites (tertiary alicyclic amines) is 1. The molecule has 0 spiro atoms. The van der Waals surface area contributed by atoms with Gasteiger partial charge in [-0.3, -0.25) is 14.7 Å². The van der Waals surface area contributed by atoms with Gasteiger partial charge >= 0.3 is 0 Å². The Balaban J connectivity index is 1.69. The molecule has 1 N–H and O–H groups in total. The zero-order valence-electron chi connectivity index (χ0n) is 12.3. The molecule has 0 radical (unpaired) electrons. The highest BCUT2D eigenvalue weighted by atomic mass is 19.1. The normalized spacial score (nSPS) is 15.0. The second kappa shape index (κ2) is 6.66. The number of benzene rings is 1. The van der Waals surface area contributed by atoms with Crippen LogP contribution in [0.25, 0.3) is 0 Å². The summed E-state index contributed by atoms with van der Waals surface area (Å²) < 4.78 is 13.6. The molecule has 22 heavy (non-hydrogen) atoms. The smallest absolute Gasteiger partial charge is 0.258 e. The molecule has 2 heterocycles. The third-order valence-electron chi connectivity index (χ3n) is 3.81. The van der Waals surface area contributed by atoms with Gasteiger partial charge in [0.15, 0.2) is 5.82 Å². The van der Waals surface area contributed by atoms with E-state index in [1.54, 1.807) is 0 Å². The highest BCUT2D eigenvalue weighted by molar-refractivity contribution is 6.04. The Morgan fingerprint density at radius 1 is 1.27 bits per heavy atom. The summed E-state index contributed by atoms with van der Waals surface area (Å²) in [6, 6.07) is 9.07. The van der Waals surface area contributed by atoms with E-state index in [2.05, 4.69) is 15.2 Å². The number of hydrogen-bond acceptors (Lipinski definition) is 3. The summed E-state index contributed by atoms with van der Waals surface area (Å²) in [5, 5.41) is 2.74. The topological polar surface area (TPSA) is 45.2 Å². The molecule has 114 valence electrons. The molecule has 4 nitrogen and oxygen atoms in total. The first-order chi connectivity index (χ1) is 10.7. The lowest BCUT2D eigenvalue weighted by Gasteiger charge is -2.15. The standard InChI is InChI=1S/C17H18FN3O/c18-16-11-19-7-6-15(16)17(22)20-14-5-3-4-13(10-14)12-21-8-1-2-9-21/h3-7,10-11H,1-2,8-9,12H2,(H,20,22). The van der Waals surface area contributed by atoms with Crippen LogP contribution in [0.4, 0.5) is 10.1 Å². The summed E-state index contributed by atoms with van der Waals surface area (Å²) in [7, 11) is 0. The number of hydrogen-bond donors (Lipinski definition) is 1. The van der Waals surface area contributed by atoms with Crippen LogP contribution < -0.4 is 5.32 Å². The van der Waals surface area contributed by atoms with Crippen molar-refractivity contribution in [1.82, 2.24) is 9.88 Å². The Hall–Kier alpha value is -2.27. The van der Waals surface area contributed by atoms with Crippen LogP contribution in [-0.2, 0) is 6.54 Å². The monoisotopic (exact) mass is 299 g/mol. The first kappa shape index (κ1) is 14.7. The quantitative estimate of drug-likeness (QED) is 0.943. The fourth-order valence-electron chi connectivity index (χ4n) is 2.70. The molecule has 0 saturated carbocycles. The van der Waals surface area contributed by atoms with Gasteiger partial charge in [0.2, 0.25) is 0 Å². The Morgan fingerprint density at radius 3 is 2.86 bits per heavy atom. The number of carbonyl (C=O) groups excluding carboxylic acids is 1. The first-order valence-corrected chi connectivity index (χ1v) is 7.44. The Kier molecular flexibility index (Phi) is 4.44. The van der Waals surface area contributed by atoms with Crippen molar-refractivity contribution in [3.8, 4) is 0 Å². The molecule has 1 fully saturated rings. The molecular weight excluding hydrogens is 281 g/mol. The largest absolute Gasteiger partial charge is 0.322 e. The van der Waals surface area contributed by atoms with Crippen molar-refractivity contribution < 1.29 is 9.18 Å². The maximum Gasteiger partial charge on any atom is 0.258 e. The van der Waals surface area contributed by atoms with Gasteiger partial charge in [-0.15, -0.1) is 0 Å². The summed E-state index contributed by atoms with van der Waals surface area (Å²) in [6.07, 6.45) is 4.94. The maximum absolute atomic E-state index is 13.6. The Bertz CT molecular complexity index is 668. The highest BCUT2D eigenvalue weighted by Crippen LogP contribution is 2.17. The van der Waals surface area contributed by atoms with Crippen molar-refractivity contribution in [2.75, 3.05) is 18.4 Å². The second-order valence-corrected chi connectivity index (χ2v) is 5.49. The second-order valence-electron chi connectivity index (χ2n) is 5.49. The van der Waals surface area contributed by atoms with Gasteiger partial charge in [0, 0.05) is 18.4 Å². The summed E-state index contributed by atoms with van der Waals surface area (Å²) in [4.78, 5) is 18.1. The van der Waals surface area contributed by atoms with E-state index >= 15 is 0 Å². The van der Waals surface area contributed by atoms with Crippen molar-refractivity contribution in [3.05, 3.63) is 59.7 Å². The molecule has 0 unspecified atom stereocenters. The van der Waals surface area contributed by atoms with Gasteiger partial charge in [-0.2, -0.15) is 0 Å². The summed E-state index contributed by atoms with van der Waals surface area (Å²) in [5.74, 6) is -1.08. The van der Waals surface area contributed by atoms with Gasteiger partial charge in [0.05, 0.1) is 11.8 Å². The molecular formula is C17H18FN3O. The predicted octanol–water partition coefficient (Wildman–Crippen LogP) is 3.07. The SMILES string of the molecule is O=C(Nc1cccc(CN2CCCC2)c1)c1ccncc1F. The summed E-state index contributed by atoms with van der Waals surface area (Å²) in [6.45, 7) is 3.13. The van der Waals surface area contributed by atoms with E-state index in [-0.39, 0.29) is 5.56 Å². The minimum absolute atomic E-state index is 0.0000500. The fraction of sp³-hybridized carbons (Fsp3) is 0.294. The van der Waals surface area contributed by atoms with Crippen LogP contribution in [0, 0.1) is 5.82 Å². The molecule has 1 aliphatic rings. The molecule has 0 bridgehead atoms. The number of amides is 1. The molecule has 1 aliphatic heterocycles. The van der Waals surface area contributed by atoms with Crippen LogP contribution >= 0.6 is 0 Å². The van der Waals surface area contributed by atoms with Crippen LogP contribution in [0.5, 0.6) is 0 Å². The van der Waals surface area contributed by atoms with Gasteiger partial charge < -0.3 is 5.32 Å². The van der Waals surface area contributed by atoms with Crippen LogP contribution in [0.1, 0.15) is 28.8 Å². The average molecular weight is 299 g/mol. The van der Waals surface area contributed by atoms with E-state index in [1.807, 2.05) is 24.3 Å². The number of anilines is 1. The first-order valence-electron chi connectivity index (χ1n) is 7.44. The molecule has 1 aromatic carbocycles. The lowest BCUT2D eigenvalue weighted by molar-refractivity contribution is 0.102. The number of pyridine rings is 1. The molecule has 1 amide bonds. The molecule has 2 aromatic rings. The number of nitrogens with zero attached hydrogens (tertiary/aromatic N) is 2. The van der Waals surface area contributed by atoms with Crippen molar-refractivity contribution >= 4 is 11.6 Å². The third-order valence-corrected chi connectivity index (χ3v) is 3.81. The van der Waals surface area contributed by atoms with E-state index in [0.717, 1.165) is 31.4 Å². The zero-order valence-corrected chi connectivity index (χ0v) is 12.3. The molecule has 0 aliphatic carbocycles. The van der Waals surface area contributed by atoms with Gasteiger partial charge in [-0.1, -0.05) is 12.1 Å². The van der Waals surface area contributed by atoms with Gasteiger partial charge in [-0.25, -0.2) is 4.39 Å². The number of rotatable bonds is 4. The number of carbonyl (C=O) groups is 1. The highest BCUT2D eigenvalue weighted by Gasteiger charge is 2.13. The van der Waals surface area contributed by atoms with Crippen molar-refractivity contribution in [3.63, 3.8) is 0 Å². The molecule has 1 saturated heterocycles. The number of aromatic nitrogens is 1. The number of nitrogens with one attached hydrogen (secondary N) is 1. The van der Waals surface area contributed by atoms with E-state index < -0.39 is 11.7 Å². The average Bonchev–Trinajstić information content (AvgIpc) is 3.01. The minimum Gasteiger partial charge on any atom is -0.322 e. The zero-order chi connectivity index (χ0) is 15.4. The van der Waals surface area contributed by atoms with Crippen LogP contribution in [0.2, 0.25) is 0 Å².